The SMILES string of the molecule is c1ccc(-c2nc3c(ccc4ccc5cc(N(c6ccccc6)c6ccc7c8c(cccc68)-c6ccccc6-7)ccc5c43)o2)cc1. The van der Waals surface area contributed by atoms with Crippen LogP contribution in [-0.2, 0) is 0 Å². The highest BCUT2D eigenvalue weighted by Gasteiger charge is 2.25. The molecule has 1 aliphatic rings. The van der Waals surface area contributed by atoms with Gasteiger partial charge in [-0.25, -0.2) is 4.98 Å². The molecule has 1 aromatic heterocycles. The van der Waals surface area contributed by atoms with Crippen molar-refractivity contribution in [3.8, 4) is 33.7 Å². The molecule has 8 aromatic carbocycles. The van der Waals surface area contributed by atoms with Crippen LogP contribution < -0.4 is 4.90 Å². The molecule has 0 radical (unpaired) electrons. The molecule has 46 heavy (non-hydrogen) atoms. The van der Waals surface area contributed by atoms with Crippen molar-refractivity contribution >= 4 is 60.5 Å². The third-order valence-corrected chi connectivity index (χ3v) is 9.40. The zero-order chi connectivity index (χ0) is 30.2. The summed E-state index contributed by atoms with van der Waals surface area (Å²) < 4.78 is 6.26. The number of benzene rings is 8. The molecule has 0 amide bonds. The van der Waals surface area contributed by atoms with Crippen molar-refractivity contribution < 1.29 is 4.42 Å². The molecule has 0 aliphatic heterocycles. The number of nitrogens with zero attached hydrogens (tertiary/aromatic N) is 2. The minimum absolute atomic E-state index is 0.640. The Hall–Kier alpha value is -6.19. The van der Waals surface area contributed by atoms with Crippen molar-refractivity contribution in [3.63, 3.8) is 0 Å². The Labute approximate surface area is 265 Å². The summed E-state index contributed by atoms with van der Waals surface area (Å²) >= 11 is 0. The molecule has 3 nitrogen and oxygen atoms in total. The highest BCUT2D eigenvalue weighted by atomic mass is 16.3. The van der Waals surface area contributed by atoms with Gasteiger partial charge >= 0.3 is 0 Å². The monoisotopic (exact) mass is 586 g/mol. The molecule has 0 fully saturated rings. The van der Waals surface area contributed by atoms with E-state index >= 15 is 0 Å². The highest BCUT2D eigenvalue weighted by molar-refractivity contribution is 6.20. The van der Waals surface area contributed by atoms with E-state index in [0.29, 0.717) is 5.89 Å². The summed E-state index contributed by atoms with van der Waals surface area (Å²) in [6.45, 7) is 0. The molecule has 0 unspecified atom stereocenters. The molecule has 0 spiro atoms. The minimum Gasteiger partial charge on any atom is -0.436 e. The average Bonchev–Trinajstić information content (AvgIpc) is 3.71. The third kappa shape index (κ3) is 3.63. The molecule has 10 rings (SSSR count). The number of aromatic nitrogens is 1. The van der Waals surface area contributed by atoms with Crippen LogP contribution in [0.2, 0.25) is 0 Å². The maximum absolute atomic E-state index is 6.26. The van der Waals surface area contributed by atoms with Crippen LogP contribution >= 0.6 is 0 Å². The Bertz CT molecular complexity index is 2610. The first-order valence-electron chi connectivity index (χ1n) is 15.6. The summed E-state index contributed by atoms with van der Waals surface area (Å²) in [6.07, 6.45) is 0. The van der Waals surface area contributed by atoms with E-state index in [-0.39, 0.29) is 0 Å². The van der Waals surface area contributed by atoms with E-state index in [4.69, 9.17) is 9.40 Å². The minimum atomic E-state index is 0.640. The first kappa shape index (κ1) is 25.2. The van der Waals surface area contributed by atoms with Crippen molar-refractivity contribution in [1.29, 1.82) is 0 Å². The number of rotatable bonds is 4. The van der Waals surface area contributed by atoms with Gasteiger partial charge in [-0.3, -0.25) is 0 Å². The van der Waals surface area contributed by atoms with Crippen LogP contribution in [0.3, 0.4) is 0 Å². The van der Waals surface area contributed by atoms with Crippen molar-refractivity contribution in [3.05, 3.63) is 158 Å². The topological polar surface area (TPSA) is 29.3 Å². The second-order valence-corrected chi connectivity index (χ2v) is 11.9. The number of fused-ring (bicyclic) bond motifs is 8. The van der Waals surface area contributed by atoms with Crippen molar-refractivity contribution in [2.45, 2.75) is 0 Å². The summed E-state index contributed by atoms with van der Waals surface area (Å²) in [5, 5.41) is 7.13. The maximum atomic E-state index is 6.26. The van der Waals surface area contributed by atoms with Gasteiger partial charge in [0, 0.05) is 27.7 Å². The lowest BCUT2D eigenvalue weighted by molar-refractivity contribution is 0.620. The van der Waals surface area contributed by atoms with Gasteiger partial charge in [-0.15, -0.1) is 0 Å². The summed E-state index contributed by atoms with van der Waals surface area (Å²) in [5.41, 5.74) is 11.2. The summed E-state index contributed by atoms with van der Waals surface area (Å²) in [6, 6.07) is 56.2. The highest BCUT2D eigenvalue weighted by Crippen LogP contribution is 2.51. The molecular weight excluding hydrogens is 560 g/mol. The first-order valence-corrected chi connectivity index (χ1v) is 15.6. The van der Waals surface area contributed by atoms with Gasteiger partial charge < -0.3 is 9.32 Å². The van der Waals surface area contributed by atoms with Crippen molar-refractivity contribution in [2.75, 3.05) is 4.90 Å². The van der Waals surface area contributed by atoms with E-state index in [0.717, 1.165) is 55.3 Å². The number of para-hydroxylation sites is 1. The fourth-order valence-electron chi connectivity index (χ4n) is 7.36. The zero-order valence-electron chi connectivity index (χ0n) is 24.8. The van der Waals surface area contributed by atoms with Crippen molar-refractivity contribution in [1.82, 2.24) is 4.98 Å². The molecule has 9 aromatic rings. The van der Waals surface area contributed by atoms with Crippen LogP contribution in [0.1, 0.15) is 0 Å². The standard InChI is InChI=1S/C43H26N2O/c1-3-10-28(11-4-1)43-44-42-39(46-43)25-20-27-18-19-29-26-31(21-22-32(29)40(27)42)45(30-12-5-2-6-13-30)38-24-23-36-34-15-8-7-14-33(34)35-16-9-17-37(38)41(35)36/h1-26H. The summed E-state index contributed by atoms with van der Waals surface area (Å²) in [5.74, 6) is 0.640. The number of oxazole rings is 1. The summed E-state index contributed by atoms with van der Waals surface area (Å²) in [7, 11) is 0. The molecular formula is C43H26N2O. The van der Waals surface area contributed by atoms with E-state index < -0.39 is 0 Å². The average molecular weight is 587 g/mol. The zero-order valence-corrected chi connectivity index (χ0v) is 24.8. The van der Waals surface area contributed by atoms with Gasteiger partial charge in [-0.1, -0.05) is 109 Å². The Kier molecular flexibility index (Phi) is 5.28. The molecule has 3 heteroatoms. The number of hydrogen-bond donors (Lipinski definition) is 0. The third-order valence-electron chi connectivity index (χ3n) is 9.40. The van der Waals surface area contributed by atoms with Crippen LogP contribution in [0.5, 0.6) is 0 Å². The number of hydrogen-bond acceptors (Lipinski definition) is 3. The van der Waals surface area contributed by atoms with Crippen molar-refractivity contribution in [2.24, 2.45) is 0 Å². The van der Waals surface area contributed by atoms with Crippen LogP contribution in [0.4, 0.5) is 17.1 Å². The van der Waals surface area contributed by atoms with Gasteiger partial charge in [0.15, 0.2) is 5.58 Å². The van der Waals surface area contributed by atoms with Crippen LogP contribution in [-0.4, -0.2) is 4.98 Å². The van der Waals surface area contributed by atoms with Gasteiger partial charge in [-0.05, 0) is 92.3 Å². The quantitative estimate of drug-likeness (QED) is 0.192. The molecule has 214 valence electrons. The van der Waals surface area contributed by atoms with Gasteiger partial charge in [0.1, 0.15) is 5.52 Å². The lowest BCUT2D eigenvalue weighted by Crippen LogP contribution is -2.10. The molecule has 0 saturated heterocycles. The normalized spacial score (nSPS) is 11.9. The molecule has 1 aliphatic carbocycles. The van der Waals surface area contributed by atoms with Crippen LogP contribution in [0.25, 0.3) is 77.1 Å². The predicted octanol–water partition coefficient (Wildman–Crippen LogP) is 12.1. The van der Waals surface area contributed by atoms with Gasteiger partial charge in [0.2, 0.25) is 5.89 Å². The van der Waals surface area contributed by atoms with E-state index in [2.05, 4.69) is 126 Å². The fraction of sp³-hybridized carbons (Fsp3) is 0. The lowest BCUT2D eigenvalue weighted by atomic mass is 9.98. The second-order valence-electron chi connectivity index (χ2n) is 11.9. The fourth-order valence-corrected chi connectivity index (χ4v) is 7.36. The van der Waals surface area contributed by atoms with Gasteiger partial charge in [-0.2, -0.15) is 0 Å². The first-order chi connectivity index (χ1) is 22.8. The lowest BCUT2D eigenvalue weighted by Gasteiger charge is -2.27. The largest absolute Gasteiger partial charge is 0.436 e. The molecule has 0 atom stereocenters. The molecule has 0 N–H and O–H groups in total. The maximum Gasteiger partial charge on any atom is 0.227 e. The van der Waals surface area contributed by atoms with E-state index in [9.17, 15) is 0 Å². The Morgan fingerprint density at radius 3 is 1.98 bits per heavy atom. The number of anilines is 3. The second kappa shape index (κ2) is 9.65. The smallest absolute Gasteiger partial charge is 0.227 e. The molecule has 1 heterocycles. The Morgan fingerprint density at radius 1 is 0.457 bits per heavy atom. The summed E-state index contributed by atoms with van der Waals surface area (Å²) in [4.78, 5) is 7.40. The molecule has 0 saturated carbocycles. The van der Waals surface area contributed by atoms with Crippen LogP contribution in [0.15, 0.2) is 162 Å². The van der Waals surface area contributed by atoms with Crippen LogP contribution in [0, 0.1) is 0 Å². The molecule has 0 bridgehead atoms. The van der Waals surface area contributed by atoms with Gasteiger partial charge in [0.25, 0.3) is 0 Å². The Balaban J connectivity index is 1.19. The van der Waals surface area contributed by atoms with E-state index in [1.54, 1.807) is 0 Å². The Morgan fingerprint density at radius 2 is 1.15 bits per heavy atom. The van der Waals surface area contributed by atoms with Gasteiger partial charge in [0.05, 0.1) is 5.69 Å². The van der Waals surface area contributed by atoms with E-state index in [1.165, 1.54) is 33.0 Å². The predicted molar refractivity (Wildman–Crippen MR) is 191 cm³/mol. The van der Waals surface area contributed by atoms with E-state index in [1.807, 2.05) is 36.4 Å².